The molecular formula is C20H23FN6O2. The Balaban J connectivity index is 1.57. The predicted octanol–water partition coefficient (Wildman–Crippen LogP) is 2.34. The number of carbonyl (C=O) groups is 2. The zero-order chi connectivity index (χ0) is 20.5. The Kier molecular flexibility index (Phi) is 5.04. The van der Waals surface area contributed by atoms with E-state index in [1.165, 1.54) is 19.1 Å². The molecule has 29 heavy (non-hydrogen) atoms. The van der Waals surface area contributed by atoms with Crippen molar-refractivity contribution in [1.82, 2.24) is 24.6 Å². The van der Waals surface area contributed by atoms with E-state index in [1.54, 1.807) is 12.3 Å². The smallest absolute Gasteiger partial charge is 0.261 e. The molecule has 1 atom stereocenters. The van der Waals surface area contributed by atoms with Crippen molar-refractivity contribution in [3.63, 3.8) is 0 Å². The van der Waals surface area contributed by atoms with Crippen molar-refractivity contribution in [2.75, 3.05) is 11.9 Å². The van der Waals surface area contributed by atoms with Crippen LogP contribution in [0.1, 0.15) is 36.3 Å². The lowest BCUT2D eigenvalue weighted by molar-refractivity contribution is -0.119. The van der Waals surface area contributed by atoms with Gasteiger partial charge in [-0.2, -0.15) is 5.10 Å². The van der Waals surface area contributed by atoms with Gasteiger partial charge in [0.25, 0.3) is 5.91 Å². The van der Waals surface area contributed by atoms with E-state index in [9.17, 15) is 14.0 Å². The zero-order valence-corrected chi connectivity index (χ0v) is 16.4. The Hall–Kier alpha value is -3.23. The summed E-state index contributed by atoms with van der Waals surface area (Å²) in [6.45, 7) is 5.31. The average molecular weight is 398 g/mol. The van der Waals surface area contributed by atoms with Crippen molar-refractivity contribution in [2.24, 2.45) is 5.92 Å². The number of imidazole rings is 1. The minimum Gasteiger partial charge on any atom is -0.356 e. The number of hydrogen-bond acceptors (Lipinski definition) is 4. The van der Waals surface area contributed by atoms with Gasteiger partial charge < -0.3 is 9.88 Å². The Morgan fingerprint density at radius 3 is 2.93 bits per heavy atom. The van der Waals surface area contributed by atoms with Crippen molar-refractivity contribution in [3.05, 3.63) is 41.5 Å². The highest BCUT2D eigenvalue weighted by Crippen LogP contribution is 2.25. The van der Waals surface area contributed by atoms with Crippen molar-refractivity contribution < 1.29 is 14.0 Å². The maximum atomic E-state index is 13.5. The Bertz CT molecular complexity index is 1090. The van der Waals surface area contributed by atoms with E-state index in [4.69, 9.17) is 0 Å². The monoisotopic (exact) mass is 398 g/mol. The number of anilines is 1. The number of hydrogen-bond donors (Lipinski definition) is 2. The SMILES string of the molecule is CCn1c(NC(=O)c2cnn3c2C[C@@H](CNC(C)=O)CC3)nc2cc(F)ccc21. The van der Waals surface area contributed by atoms with Crippen LogP contribution in [0.2, 0.25) is 0 Å². The summed E-state index contributed by atoms with van der Waals surface area (Å²) in [5, 5.41) is 10.0. The molecule has 0 fully saturated rings. The normalized spacial score (nSPS) is 15.9. The van der Waals surface area contributed by atoms with Gasteiger partial charge in [-0.05, 0) is 37.8 Å². The molecule has 3 heterocycles. The molecule has 0 unspecified atom stereocenters. The van der Waals surface area contributed by atoms with Gasteiger partial charge in [0, 0.05) is 32.6 Å². The maximum Gasteiger partial charge on any atom is 0.261 e. The van der Waals surface area contributed by atoms with Gasteiger partial charge in [-0.15, -0.1) is 0 Å². The summed E-state index contributed by atoms with van der Waals surface area (Å²) in [5.41, 5.74) is 2.61. The lowest BCUT2D eigenvalue weighted by atomic mass is 9.94. The van der Waals surface area contributed by atoms with Crippen LogP contribution < -0.4 is 10.6 Å². The molecule has 3 aromatic rings. The van der Waals surface area contributed by atoms with Gasteiger partial charge in [0.05, 0.1) is 28.5 Å². The second kappa shape index (κ2) is 7.65. The first-order valence-corrected chi connectivity index (χ1v) is 9.72. The minimum absolute atomic E-state index is 0.0584. The number of carbonyl (C=O) groups excluding carboxylic acids is 2. The van der Waals surface area contributed by atoms with Gasteiger partial charge >= 0.3 is 0 Å². The van der Waals surface area contributed by atoms with Gasteiger partial charge in [0.1, 0.15) is 5.82 Å². The molecule has 0 radical (unpaired) electrons. The molecule has 152 valence electrons. The van der Waals surface area contributed by atoms with Gasteiger partial charge in [-0.3, -0.25) is 19.6 Å². The van der Waals surface area contributed by atoms with Crippen molar-refractivity contribution in [2.45, 2.75) is 39.8 Å². The molecule has 1 aliphatic rings. The molecular weight excluding hydrogens is 375 g/mol. The predicted molar refractivity (Wildman–Crippen MR) is 106 cm³/mol. The molecule has 2 N–H and O–H groups in total. The third kappa shape index (κ3) is 3.72. The van der Waals surface area contributed by atoms with Crippen LogP contribution in [0.25, 0.3) is 11.0 Å². The average Bonchev–Trinajstić information content (AvgIpc) is 3.26. The second-order valence-electron chi connectivity index (χ2n) is 7.29. The van der Waals surface area contributed by atoms with E-state index >= 15 is 0 Å². The Morgan fingerprint density at radius 2 is 2.17 bits per heavy atom. The van der Waals surface area contributed by atoms with Crippen LogP contribution in [0.3, 0.4) is 0 Å². The first-order valence-electron chi connectivity index (χ1n) is 9.72. The van der Waals surface area contributed by atoms with E-state index < -0.39 is 0 Å². The fraction of sp³-hybridized carbons (Fsp3) is 0.400. The summed E-state index contributed by atoms with van der Waals surface area (Å²) < 4.78 is 17.2. The molecule has 1 aromatic carbocycles. The van der Waals surface area contributed by atoms with Gasteiger partial charge in [-0.1, -0.05) is 0 Å². The highest BCUT2D eigenvalue weighted by molar-refractivity contribution is 6.04. The van der Waals surface area contributed by atoms with E-state index in [0.717, 1.165) is 17.6 Å². The molecule has 0 saturated heterocycles. The fourth-order valence-corrected chi connectivity index (χ4v) is 3.84. The van der Waals surface area contributed by atoms with Crippen LogP contribution in [0.5, 0.6) is 0 Å². The lowest BCUT2D eigenvalue weighted by Crippen LogP contribution is -2.32. The van der Waals surface area contributed by atoms with Gasteiger partial charge in [0.2, 0.25) is 11.9 Å². The molecule has 0 saturated carbocycles. The summed E-state index contributed by atoms with van der Waals surface area (Å²) in [5.74, 6) is -0.0811. The van der Waals surface area contributed by atoms with Crippen LogP contribution in [-0.2, 0) is 24.3 Å². The van der Waals surface area contributed by atoms with E-state index in [1.807, 2.05) is 16.2 Å². The first-order chi connectivity index (χ1) is 14.0. The van der Waals surface area contributed by atoms with Gasteiger partial charge in [-0.25, -0.2) is 9.37 Å². The van der Waals surface area contributed by atoms with Crippen molar-refractivity contribution in [3.8, 4) is 0 Å². The molecule has 1 aliphatic heterocycles. The third-order valence-electron chi connectivity index (χ3n) is 5.32. The van der Waals surface area contributed by atoms with Crippen LogP contribution >= 0.6 is 0 Å². The number of nitrogens with zero attached hydrogens (tertiary/aromatic N) is 4. The van der Waals surface area contributed by atoms with Crippen LogP contribution in [0.15, 0.2) is 24.4 Å². The molecule has 0 spiro atoms. The van der Waals surface area contributed by atoms with Crippen LogP contribution in [0, 0.1) is 11.7 Å². The zero-order valence-electron chi connectivity index (χ0n) is 16.4. The van der Waals surface area contributed by atoms with E-state index in [-0.39, 0.29) is 23.5 Å². The van der Waals surface area contributed by atoms with Gasteiger partial charge in [0.15, 0.2) is 0 Å². The number of aryl methyl sites for hydroxylation is 2. The number of rotatable bonds is 5. The number of nitrogens with one attached hydrogen (secondary N) is 2. The Morgan fingerprint density at radius 1 is 1.34 bits per heavy atom. The van der Waals surface area contributed by atoms with E-state index in [0.29, 0.717) is 43.1 Å². The van der Waals surface area contributed by atoms with Crippen LogP contribution in [-0.4, -0.2) is 37.7 Å². The number of amides is 2. The molecule has 0 bridgehead atoms. The summed E-state index contributed by atoms with van der Waals surface area (Å²) in [6.07, 6.45) is 3.13. The standard InChI is InChI=1S/C20H23FN6O2/c1-3-26-17-5-4-14(21)9-16(17)24-20(26)25-19(29)15-11-23-27-7-6-13(8-18(15)27)10-22-12(2)28/h4-5,9,11,13H,3,6-8,10H2,1-2H3,(H,22,28)(H,24,25,29)/t13-/m0/s1. The molecule has 9 heteroatoms. The summed E-state index contributed by atoms with van der Waals surface area (Å²) in [7, 11) is 0. The number of aromatic nitrogens is 4. The lowest BCUT2D eigenvalue weighted by Gasteiger charge is -2.24. The minimum atomic E-state index is -0.368. The first kappa shape index (κ1) is 19.1. The second-order valence-corrected chi connectivity index (χ2v) is 7.29. The number of halogens is 1. The quantitative estimate of drug-likeness (QED) is 0.690. The van der Waals surface area contributed by atoms with Crippen molar-refractivity contribution >= 4 is 28.8 Å². The molecule has 8 nitrogen and oxygen atoms in total. The molecule has 2 aromatic heterocycles. The van der Waals surface area contributed by atoms with Crippen molar-refractivity contribution in [1.29, 1.82) is 0 Å². The van der Waals surface area contributed by atoms with E-state index in [2.05, 4.69) is 20.7 Å². The molecule has 0 aliphatic carbocycles. The summed E-state index contributed by atoms with van der Waals surface area (Å²) in [4.78, 5) is 28.5. The topological polar surface area (TPSA) is 93.8 Å². The summed E-state index contributed by atoms with van der Waals surface area (Å²) >= 11 is 0. The Labute approximate surface area is 167 Å². The number of fused-ring (bicyclic) bond motifs is 2. The molecule has 4 rings (SSSR count). The maximum absolute atomic E-state index is 13.5. The molecule has 2 amide bonds. The van der Waals surface area contributed by atoms with Crippen LogP contribution in [0.4, 0.5) is 10.3 Å². The summed E-state index contributed by atoms with van der Waals surface area (Å²) in [6, 6.07) is 4.39. The number of benzene rings is 1. The highest BCUT2D eigenvalue weighted by atomic mass is 19.1. The largest absolute Gasteiger partial charge is 0.356 e. The fourth-order valence-electron chi connectivity index (χ4n) is 3.84. The third-order valence-corrected chi connectivity index (χ3v) is 5.32. The highest BCUT2D eigenvalue weighted by Gasteiger charge is 2.26.